The van der Waals surface area contributed by atoms with Gasteiger partial charge in [0.25, 0.3) is 5.91 Å². The summed E-state index contributed by atoms with van der Waals surface area (Å²) >= 11 is 0. The van der Waals surface area contributed by atoms with E-state index in [0.29, 0.717) is 47.9 Å². The van der Waals surface area contributed by atoms with Gasteiger partial charge in [0, 0.05) is 11.9 Å². The Bertz CT molecular complexity index is 1250. The lowest BCUT2D eigenvalue weighted by molar-refractivity contribution is -0.127. The van der Waals surface area contributed by atoms with E-state index in [9.17, 15) is 18.3 Å². The van der Waals surface area contributed by atoms with E-state index < -0.39 is 9.84 Å². The summed E-state index contributed by atoms with van der Waals surface area (Å²) < 4.78 is 28.9. The van der Waals surface area contributed by atoms with Gasteiger partial charge >= 0.3 is 0 Å². The number of carbonyl (C=O) groups excluding carboxylic acids is 1. The van der Waals surface area contributed by atoms with Crippen molar-refractivity contribution in [1.82, 2.24) is 15.0 Å². The topological polar surface area (TPSA) is 125 Å². The molecule has 0 aromatic carbocycles. The highest BCUT2D eigenvalue weighted by Crippen LogP contribution is 2.27. The van der Waals surface area contributed by atoms with Gasteiger partial charge in [-0.25, -0.2) is 18.4 Å². The number of hydrogen-bond donors (Lipinski definition) is 2. The maximum Gasteiger partial charge on any atom is 0.254 e. The lowest BCUT2D eigenvalue weighted by atomic mass is 10.1. The SMILES string of the molecule is CC[C@H]1COCC(=O)N1c1cc(CCS(C)(=O)=O)cc(-c2ccc3[nH]c(CO)cc3n2)n1. The van der Waals surface area contributed by atoms with Crippen molar-refractivity contribution >= 4 is 32.6 Å². The van der Waals surface area contributed by atoms with Crippen LogP contribution in [0.15, 0.2) is 30.3 Å². The number of amides is 1. The summed E-state index contributed by atoms with van der Waals surface area (Å²) in [5.74, 6) is 0.287. The number of nitrogens with zero attached hydrogens (tertiary/aromatic N) is 3. The molecule has 4 rings (SSSR count). The molecule has 9 nitrogen and oxygen atoms in total. The predicted molar refractivity (Wildman–Crippen MR) is 121 cm³/mol. The van der Waals surface area contributed by atoms with E-state index in [2.05, 4.69) is 9.97 Å². The Morgan fingerprint density at radius 3 is 2.75 bits per heavy atom. The van der Waals surface area contributed by atoms with E-state index in [-0.39, 0.29) is 30.9 Å². The van der Waals surface area contributed by atoms with Crippen molar-refractivity contribution in [1.29, 1.82) is 0 Å². The number of morpholine rings is 1. The number of hydrogen-bond acceptors (Lipinski definition) is 7. The molecule has 3 aromatic rings. The summed E-state index contributed by atoms with van der Waals surface area (Å²) in [5, 5.41) is 9.37. The molecular formula is C22H26N4O5S. The second-order valence-corrected chi connectivity index (χ2v) is 10.3. The zero-order valence-electron chi connectivity index (χ0n) is 18.0. The molecule has 10 heteroatoms. The van der Waals surface area contributed by atoms with Crippen LogP contribution in [0.4, 0.5) is 5.82 Å². The molecule has 0 unspecified atom stereocenters. The summed E-state index contributed by atoms with van der Waals surface area (Å²) in [7, 11) is -3.16. The van der Waals surface area contributed by atoms with Crippen LogP contribution in [0.5, 0.6) is 0 Å². The van der Waals surface area contributed by atoms with Gasteiger partial charge < -0.3 is 14.8 Å². The Morgan fingerprint density at radius 2 is 2.03 bits per heavy atom. The molecule has 0 radical (unpaired) electrons. The smallest absolute Gasteiger partial charge is 0.254 e. The Kier molecular flexibility index (Phi) is 6.27. The molecule has 0 saturated carbocycles. The fourth-order valence-corrected chi connectivity index (χ4v) is 4.42. The fraction of sp³-hybridized carbons (Fsp3) is 0.409. The normalized spacial score (nSPS) is 17.3. The third-order valence-corrected chi connectivity index (χ3v) is 6.43. The number of aliphatic hydroxyl groups is 1. The van der Waals surface area contributed by atoms with Crippen LogP contribution in [0.25, 0.3) is 22.4 Å². The van der Waals surface area contributed by atoms with E-state index >= 15 is 0 Å². The van der Waals surface area contributed by atoms with Crippen LogP contribution in [0.3, 0.4) is 0 Å². The number of anilines is 1. The van der Waals surface area contributed by atoms with Crippen molar-refractivity contribution < 1.29 is 23.1 Å². The molecule has 32 heavy (non-hydrogen) atoms. The predicted octanol–water partition coefficient (Wildman–Crippen LogP) is 1.85. The van der Waals surface area contributed by atoms with Gasteiger partial charge in [-0.2, -0.15) is 0 Å². The number of fused-ring (bicyclic) bond motifs is 1. The van der Waals surface area contributed by atoms with E-state index in [1.807, 2.05) is 25.1 Å². The largest absolute Gasteiger partial charge is 0.390 e. The maximum atomic E-state index is 12.7. The first-order valence-corrected chi connectivity index (χ1v) is 12.5. The number of aromatic nitrogens is 3. The highest BCUT2D eigenvalue weighted by Gasteiger charge is 2.30. The number of aryl methyl sites for hydroxylation is 1. The molecule has 4 heterocycles. The van der Waals surface area contributed by atoms with Crippen LogP contribution in [-0.2, 0) is 32.4 Å². The second kappa shape index (κ2) is 8.97. The van der Waals surface area contributed by atoms with Gasteiger partial charge in [0.15, 0.2) is 0 Å². The van der Waals surface area contributed by atoms with Crippen molar-refractivity contribution in [2.45, 2.75) is 32.4 Å². The summed E-state index contributed by atoms with van der Waals surface area (Å²) in [6, 6.07) is 8.88. The summed E-state index contributed by atoms with van der Waals surface area (Å²) in [6.45, 7) is 2.27. The molecule has 2 N–H and O–H groups in total. The molecule has 170 valence electrons. The lowest BCUT2D eigenvalue weighted by Crippen LogP contribution is -2.49. The molecule has 3 aromatic heterocycles. The zero-order valence-corrected chi connectivity index (χ0v) is 18.9. The molecule has 1 amide bonds. The van der Waals surface area contributed by atoms with Gasteiger partial charge in [0.2, 0.25) is 0 Å². The minimum Gasteiger partial charge on any atom is -0.390 e. The molecule has 1 aliphatic rings. The number of carbonyl (C=O) groups is 1. The van der Waals surface area contributed by atoms with Crippen LogP contribution in [0.2, 0.25) is 0 Å². The first kappa shape index (κ1) is 22.4. The quantitative estimate of drug-likeness (QED) is 0.553. The monoisotopic (exact) mass is 458 g/mol. The van der Waals surface area contributed by atoms with Crippen molar-refractivity contribution in [3.63, 3.8) is 0 Å². The van der Waals surface area contributed by atoms with Crippen LogP contribution in [-0.4, -0.2) is 65.6 Å². The number of nitrogens with one attached hydrogen (secondary N) is 1. The van der Waals surface area contributed by atoms with Gasteiger partial charge in [0.05, 0.1) is 47.4 Å². The number of aromatic amines is 1. The van der Waals surface area contributed by atoms with Crippen LogP contribution in [0.1, 0.15) is 24.6 Å². The summed E-state index contributed by atoms with van der Waals surface area (Å²) in [6.07, 6.45) is 2.21. The molecular weight excluding hydrogens is 432 g/mol. The Hall–Kier alpha value is -2.82. The van der Waals surface area contributed by atoms with E-state index in [1.165, 1.54) is 6.26 Å². The van der Waals surface area contributed by atoms with Gasteiger partial charge in [0.1, 0.15) is 22.3 Å². The highest BCUT2D eigenvalue weighted by atomic mass is 32.2. The maximum absolute atomic E-state index is 12.7. The molecule has 0 aliphatic carbocycles. The van der Waals surface area contributed by atoms with E-state index in [1.54, 1.807) is 17.0 Å². The summed E-state index contributed by atoms with van der Waals surface area (Å²) in [5.41, 5.74) is 4.04. The molecule has 1 aliphatic heterocycles. The third-order valence-electron chi connectivity index (χ3n) is 5.48. The highest BCUT2D eigenvalue weighted by molar-refractivity contribution is 7.90. The van der Waals surface area contributed by atoms with Crippen molar-refractivity contribution in [3.8, 4) is 11.4 Å². The Balaban J connectivity index is 1.80. The fourth-order valence-electron chi connectivity index (χ4n) is 3.81. The number of rotatable bonds is 7. The number of ether oxygens (including phenoxy) is 1. The molecule has 1 saturated heterocycles. The zero-order chi connectivity index (χ0) is 22.9. The molecule has 0 spiro atoms. The molecule has 1 atom stereocenters. The first-order valence-electron chi connectivity index (χ1n) is 10.5. The summed E-state index contributed by atoms with van der Waals surface area (Å²) in [4.78, 5) is 26.8. The van der Waals surface area contributed by atoms with Crippen LogP contribution in [0, 0.1) is 0 Å². The van der Waals surface area contributed by atoms with Crippen LogP contribution < -0.4 is 4.90 Å². The second-order valence-electron chi connectivity index (χ2n) is 8.02. The molecule has 0 bridgehead atoms. The van der Waals surface area contributed by atoms with Crippen molar-refractivity contribution in [2.24, 2.45) is 0 Å². The first-order chi connectivity index (χ1) is 15.3. The number of aliphatic hydroxyl groups excluding tert-OH is 1. The Morgan fingerprint density at radius 1 is 1.22 bits per heavy atom. The van der Waals surface area contributed by atoms with Gasteiger partial charge in [-0.3, -0.25) is 9.69 Å². The van der Waals surface area contributed by atoms with Gasteiger partial charge in [-0.05, 0) is 48.7 Å². The minimum absolute atomic E-state index is 0.00566. The Labute approximate surface area is 186 Å². The average molecular weight is 459 g/mol. The van der Waals surface area contributed by atoms with Crippen molar-refractivity contribution in [3.05, 3.63) is 41.6 Å². The van der Waals surface area contributed by atoms with Crippen molar-refractivity contribution in [2.75, 3.05) is 30.1 Å². The average Bonchev–Trinajstić information content (AvgIpc) is 3.19. The minimum atomic E-state index is -3.16. The third kappa shape index (κ3) is 4.82. The van der Waals surface area contributed by atoms with Crippen LogP contribution >= 0.6 is 0 Å². The standard InChI is InChI=1S/C22H26N4O5S/c1-3-16-12-31-13-22(28)26(16)21-9-14(6-7-32(2,29)30)8-19(25-21)18-5-4-17-20(24-18)10-15(11-27)23-17/h4-5,8-10,16,23,27H,3,6-7,11-13H2,1-2H3/t16-/m0/s1. The van der Waals surface area contributed by atoms with E-state index in [4.69, 9.17) is 9.72 Å². The van der Waals surface area contributed by atoms with E-state index in [0.717, 1.165) is 11.1 Å². The number of H-pyrrole nitrogens is 1. The van der Waals surface area contributed by atoms with Gasteiger partial charge in [-0.1, -0.05) is 6.92 Å². The molecule has 1 fully saturated rings. The number of pyridine rings is 2. The number of sulfone groups is 1. The lowest BCUT2D eigenvalue weighted by Gasteiger charge is -2.34. The van der Waals surface area contributed by atoms with Gasteiger partial charge in [-0.15, -0.1) is 0 Å².